The van der Waals surface area contributed by atoms with E-state index in [2.05, 4.69) is 20.8 Å². The van der Waals surface area contributed by atoms with Gasteiger partial charge in [0.15, 0.2) is 0 Å². The van der Waals surface area contributed by atoms with Crippen LogP contribution in [0, 0.1) is 5.82 Å². The summed E-state index contributed by atoms with van der Waals surface area (Å²) in [6.07, 6.45) is 4.20. The summed E-state index contributed by atoms with van der Waals surface area (Å²) in [6.45, 7) is 8.61. The van der Waals surface area contributed by atoms with Gasteiger partial charge in [0.25, 0.3) is 0 Å². The smallest absolute Gasteiger partial charge is 0.306 e. The van der Waals surface area contributed by atoms with E-state index in [0.29, 0.717) is 23.7 Å². The summed E-state index contributed by atoms with van der Waals surface area (Å²) in [5.41, 5.74) is 4.15. The quantitative estimate of drug-likeness (QED) is 0.229. The monoisotopic (exact) mass is 490 g/mol. The lowest BCUT2D eigenvalue weighted by atomic mass is 9.81. The van der Waals surface area contributed by atoms with E-state index in [1.54, 1.807) is 19.2 Å². The fraction of sp³-hybridized carbons (Fsp3) is 0.323. The van der Waals surface area contributed by atoms with Gasteiger partial charge < -0.3 is 14.2 Å². The third-order valence-electron chi connectivity index (χ3n) is 6.11. The molecule has 4 nitrogen and oxygen atoms in total. The Labute approximate surface area is 213 Å². The van der Waals surface area contributed by atoms with Crippen molar-refractivity contribution in [2.45, 2.75) is 52.1 Å². The van der Waals surface area contributed by atoms with Gasteiger partial charge in [0.05, 0.1) is 20.6 Å². The lowest BCUT2D eigenvalue weighted by Crippen LogP contribution is -2.13. The third kappa shape index (κ3) is 6.75. The highest BCUT2D eigenvalue weighted by Crippen LogP contribution is 2.37. The van der Waals surface area contributed by atoms with Crippen LogP contribution in [0.2, 0.25) is 0 Å². The molecule has 0 aromatic heterocycles. The molecule has 0 bridgehead atoms. The molecule has 190 valence electrons. The molecule has 0 fully saturated rings. The molecule has 0 spiro atoms. The third-order valence-corrected chi connectivity index (χ3v) is 6.11. The van der Waals surface area contributed by atoms with E-state index in [1.165, 1.54) is 13.2 Å². The molecule has 0 saturated heterocycles. The standard InChI is InChI=1S/C31H35FO4/c1-7-8-23(18-30(33)35-6)22-10-12-24(13-11-22)36-20-21-9-15-28(31(2,3)4)26(17-21)27-19-25(34-5)14-16-29(27)32/h7-17,19,23H,18,20H2,1-6H3/b8-7-. The van der Waals surface area contributed by atoms with Crippen molar-refractivity contribution in [1.29, 1.82) is 0 Å². The zero-order chi connectivity index (χ0) is 26.3. The summed E-state index contributed by atoms with van der Waals surface area (Å²) in [5, 5.41) is 0. The van der Waals surface area contributed by atoms with Crippen LogP contribution in [0.4, 0.5) is 4.39 Å². The number of hydrogen-bond acceptors (Lipinski definition) is 4. The largest absolute Gasteiger partial charge is 0.497 e. The highest BCUT2D eigenvalue weighted by Gasteiger charge is 2.21. The first-order chi connectivity index (χ1) is 17.2. The average Bonchev–Trinajstić information content (AvgIpc) is 2.87. The number of benzene rings is 3. The van der Waals surface area contributed by atoms with Gasteiger partial charge in [-0.2, -0.15) is 0 Å². The molecule has 1 atom stereocenters. The van der Waals surface area contributed by atoms with Crippen LogP contribution >= 0.6 is 0 Å². The Bertz CT molecular complexity index is 1210. The van der Waals surface area contributed by atoms with Crippen LogP contribution in [0.1, 0.15) is 56.7 Å². The van der Waals surface area contributed by atoms with Gasteiger partial charge in [0, 0.05) is 11.5 Å². The maximum Gasteiger partial charge on any atom is 0.306 e. The van der Waals surface area contributed by atoms with Gasteiger partial charge in [-0.05, 0) is 71.0 Å². The molecule has 0 amide bonds. The Hall–Kier alpha value is -3.60. The molecule has 36 heavy (non-hydrogen) atoms. The Morgan fingerprint density at radius 3 is 2.25 bits per heavy atom. The predicted octanol–water partition coefficient (Wildman–Crippen LogP) is 7.60. The number of carbonyl (C=O) groups excluding carboxylic acids is 1. The fourth-order valence-corrected chi connectivity index (χ4v) is 4.17. The van der Waals surface area contributed by atoms with E-state index in [4.69, 9.17) is 14.2 Å². The van der Waals surface area contributed by atoms with Crippen LogP contribution in [0.3, 0.4) is 0 Å². The second kappa shape index (κ2) is 11.9. The Balaban J connectivity index is 1.84. The number of methoxy groups -OCH3 is 2. The molecule has 0 N–H and O–H groups in total. The Morgan fingerprint density at radius 1 is 0.944 bits per heavy atom. The number of hydrogen-bond donors (Lipinski definition) is 0. The van der Waals surface area contributed by atoms with Gasteiger partial charge in [-0.1, -0.05) is 57.2 Å². The summed E-state index contributed by atoms with van der Waals surface area (Å²) < 4.78 is 31.1. The van der Waals surface area contributed by atoms with Gasteiger partial charge in [0.2, 0.25) is 0 Å². The first-order valence-corrected chi connectivity index (χ1v) is 12.1. The minimum absolute atomic E-state index is 0.0539. The van der Waals surface area contributed by atoms with Crippen molar-refractivity contribution in [2.75, 3.05) is 14.2 Å². The highest BCUT2D eigenvalue weighted by atomic mass is 19.1. The number of halogens is 1. The van der Waals surface area contributed by atoms with Gasteiger partial charge in [0.1, 0.15) is 23.9 Å². The molecule has 0 saturated carbocycles. The number of allylic oxidation sites excluding steroid dienone is 2. The molecule has 5 heteroatoms. The van der Waals surface area contributed by atoms with Crippen molar-refractivity contribution < 1.29 is 23.4 Å². The van der Waals surface area contributed by atoms with Gasteiger partial charge >= 0.3 is 5.97 Å². The van der Waals surface area contributed by atoms with Crippen LogP contribution in [-0.2, 0) is 21.6 Å². The van der Waals surface area contributed by atoms with Crippen molar-refractivity contribution in [3.8, 4) is 22.6 Å². The molecular formula is C31H35FO4. The zero-order valence-electron chi connectivity index (χ0n) is 21.9. The average molecular weight is 491 g/mol. The van der Waals surface area contributed by atoms with Crippen molar-refractivity contribution >= 4 is 5.97 Å². The van der Waals surface area contributed by atoms with E-state index in [-0.39, 0.29) is 29.5 Å². The molecular weight excluding hydrogens is 455 g/mol. The number of rotatable bonds is 9. The molecule has 0 radical (unpaired) electrons. The van der Waals surface area contributed by atoms with Gasteiger partial charge in [-0.15, -0.1) is 0 Å². The van der Waals surface area contributed by atoms with E-state index >= 15 is 0 Å². The molecule has 1 unspecified atom stereocenters. The Morgan fingerprint density at radius 2 is 1.64 bits per heavy atom. The van der Waals surface area contributed by atoms with Crippen LogP contribution in [0.15, 0.2) is 72.8 Å². The summed E-state index contributed by atoms with van der Waals surface area (Å²) >= 11 is 0. The molecule has 3 aromatic rings. The van der Waals surface area contributed by atoms with Crippen LogP contribution < -0.4 is 9.47 Å². The lowest BCUT2D eigenvalue weighted by Gasteiger charge is -2.24. The van der Waals surface area contributed by atoms with Crippen molar-refractivity contribution in [2.24, 2.45) is 0 Å². The molecule has 3 aromatic carbocycles. The minimum atomic E-state index is -0.294. The minimum Gasteiger partial charge on any atom is -0.497 e. The van der Waals surface area contributed by atoms with Gasteiger partial charge in [-0.25, -0.2) is 4.39 Å². The second-order valence-electron chi connectivity index (χ2n) is 9.75. The van der Waals surface area contributed by atoms with Crippen molar-refractivity contribution in [1.82, 2.24) is 0 Å². The summed E-state index contributed by atoms with van der Waals surface area (Å²) in [7, 11) is 2.97. The second-order valence-corrected chi connectivity index (χ2v) is 9.75. The van der Waals surface area contributed by atoms with Crippen LogP contribution in [0.25, 0.3) is 11.1 Å². The van der Waals surface area contributed by atoms with Crippen molar-refractivity contribution in [3.05, 3.63) is 95.3 Å². The first kappa shape index (κ1) is 27.0. The highest BCUT2D eigenvalue weighted by molar-refractivity contribution is 5.72. The van der Waals surface area contributed by atoms with E-state index in [1.807, 2.05) is 61.5 Å². The number of carbonyl (C=O) groups is 1. The van der Waals surface area contributed by atoms with Gasteiger partial charge in [-0.3, -0.25) is 4.79 Å². The number of ether oxygens (including phenoxy) is 3. The number of esters is 1. The maximum atomic E-state index is 14.9. The molecule has 0 aliphatic heterocycles. The van der Waals surface area contributed by atoms with E-state index in [9.17, 15) is 9.18 Å². The topological polar surface area (TPSA) is 44.8 Å². The maximum absolute atomic E-state index is 14.9. The fourth-order valence-electron chi connectivity index (χ4n) is 4.17. The van der Waals surface area contributed by atoms with Crippen LogP contribution in [0.5, 0.6) is 11.5 Å². The zero-order valence-corrected chi connectivity index (χ0v) is 21.9. The first-order valence-electron chi connectivity index (χ1n) is 12.1. The van der Waals surface area contributed by atoms with Crippen LogP contribution in [-0.4, -0.2) is 20.2 Å². The molecule has 0 aliphatic rings. The molecule has 0 heterocycles. The Kier molecular flexibility index (Phi) is 8.92. The predicted molar refractivity (Wildman–Crippen MR) is 142 cm³/mol. The molecule has 0 aliphatic carbocycles. The summed E-state index contributed by atoms with van der Waals surface area (Å²) in [6, 6.07) is 18.6. The summed E-state index contributed by atoms with van der Waals surface area (Å²) in [4.78, 5) is 11.8. The van der Waals surface area contributed by atoms with E-state index in [0.717, 1.165) is 22.3 Å². The SMILES string of the molecule is C/C=C\C(CC(=O)OC)c1ccc(OCc2ccc(C(C)(C)C)c(-c3cc(OC)ccc3F)c2)cc1. The van der Waals surface area contributed by atoms with Crippen molar-refractivity contribution in [3.63, 3.8) is 0 Å². The van der Waals surface area contributed by atoms with E-state index < -0.39 is 0 Å². The molecule has 3 rings (SSSR count). The summed E-state index contributed by atoms with van der Waals surface area (Å²) in [5.74, 6) is 0.723. The normalized spacial score (nSPS) is 12.4. The lowest BCUT2D eigenvalue weighted by molar-refractivity contribution is -0.140.